The maximum Gasteiger partial charge on any atom is 0.416 e. The Morgan fingerprint density at radius 2 is 1.79 bits per heavy atom. The number of piperidine rings is 1. The van der Waals surface area contributed by atoms with Crippen LogP contribution in [0.2, 0.25) is 0 Å². The summed E-state index contributed by atoms with van der Waals surface area (Å²) in [6.07, 6.45) is 1.94. The van der Waals surface area contributed by atoms with Gasteiger partial charge in [0, 0.05) is 31.4 Å². The highest BCUT2D eigenvalue weighted by atomic mass is 19.4. The van der Waals surface area contributed by atoms with E-state index in [1.54, 1.807) is 17.3 Å². The molecule has 2 atom stereocenters. The minimum absolute atomic E-state index is 0.00833. The fourth-order valence-corrected chi connectivity index (χ4v) is 4.93. The molecule has 3 aromatic rings. The molecule has 2 saturated heterocycles. The van der Waals surface area contributed by atoms with E-state index in [-0.39, 0.29) is 35.9 Å². The predicted molar refractivity (Wildman–Crippen MR) is 118 cm³/mol. The van der Waals surface area contributed by atoms with Crippen LogP contribution < -0.4 is 0 Å². The van der Waals surface area contributed by atoms with Crippen LogP contribution in [0.25, 0.3) is 11.0 Å². The quantitative estimate of drug-likeness (QED) is 0.621. The zero-order chi connectivity index (χ0) is 23.9. The molecule has 0 spiro atoms. The molecule has 1 aromatic carbocycles. The standard InChI is InChI=1S/C24H24F3N5O2/c25-24(26,27)17-7-5-15(6-8-17)22(33)31-11-1-3-16(14-31)23(34)32-12-2-4-20(32)21-29-18-9-10-28-13-19(18)30-21/h5-10,13,16,20H,1-4,11-12,14H2,(H,29,30). The van der Waals surface area contributed by atoms with E-state index in [2.05, 4.69) is 15.0 Å². The van der Waals surface area contributed by atoms with Gasteiger partial charge in [0.15, 0.2) is 0 Å². The molecular formula is C24H24F3N5O2. The smallest absolute Gasteiger partial charge is 0.339 e. The fourth-order valence-electron chi connectivity index (χ4n) is 4.93. The normalized spacial score (nSPS) is 21.3. The van der Waals surface area contributed by atoms with Gasteiger partial charge >= 0.3 is 6.18 Å². The topological polar surface area (TPSA) is 82.2 Å². The summed E-state index contributed by atoms with van der Waals surface area (Å²) in [6, 6.07) is 5.89. The molecule has 178 valence electrons. The first kappa shape index (κ1) is 22.4. The van der Waals surface area contributed by atoms with Gasteiger partial charge in [-0.3, -0.25) is 14.6 Å². The van der Waals surface area contributed by atoms with Crippen molar-refractivity contribution in [3.8, 4) is 0 Å². The number of alkyl halides is 3. The summed E-state index contributed by atoms with van der Waals surface area (Å²) >= 11 is 0. The molecule has 2 aromatic heterocycles. The first-order valence-corrected chi connectivity index (χ1v) is 11.4. The number of nitrogens with one attached hydrogen (secondary N) is 1. The van der Waals surface area contributed by atoms with E-state index < -0.39 is 11.7 Å². The Morgan fingerprint density at radius 1 is 1.03 bits per heavy atom. The average molecular weight is 471 g/mol. The van der Waals surface area contributed by atoms with Crippen molar-refractivity contribution < 1.29 is 22.8 Å². The highest BCUT2D eigenvalue weighted by Gasteiger charge is 2.38. The van der Waals surface area contributed by atoms with Gasteiger partial charge in [0.1, 0.15) is 5.82 Å². The molecule has 1 N–H and O–H groups in total. The molecule has 2 amide bonds. The largest absolute Gasteiger partial charge is 0.416 e. The Hall–Kier alpha value is -3.43. The highest BCUT2D eigenvalue weighted by Crippen LogP contribution is 2.34. The van der Waals surface area contributed by atoms with E-state index in [4.69, 9.17) is 0 Å². The van der Waals surface area contributed by atoms with Crippen LogP contribution in [0.5, 0.6) is 0 Å². The maximum absolute atomic E-state index is 13.5. The van der Waals surface area contributed by atoms with Gasteiger partial charge in [-0.05, 0) is 56.0 Å². The molecule has 34 heavy (non-hydrogen) atoms. The Bertz CT molecular complexity index is 1170. The van der Waals surface area contributed by atoms with Crippen LogP contribution in [0.3, 0.4) is 0 Å². The second-order valence-electron chi connectivity index (χ2n) is 8.87. The summed E-state index contributed by atoms with van der Waals surface area (Å²) < 4.78 is 38.5. The van der Waals surface area contributed by atoms with Crippen molar-refractivity contribution in [2.45, 2.75) is 37.9 Å². The molecule has 2 aliphatic heterocycles. The van der Waals surface area contributed by atoms with Crippen LogP contribution >= 0.6 is 0 Å². The molecule has 2 fully saturated rings. The van der Waals surface area contributed by atoms with Crippen molar-refractivity contribution >= 4 is 22.8 Å². The van der Waals surface area contributed by atoms with Crippen molar-refractivity contribution in [1.29, 1.82) is 0 Å². The molecule has 5 rings (SSSR count). The number of amides is 2. The number of carbonyl (C=O) groups is 2. The number of hydrogen-bond donors (Lipinski definition) is 1. The predicted octanol–water partition coefficient (Wildman–Crippen LogP) is 4.19. The first-order valence-electron chi connectivity index (χ1n) is 11.4. The molecule has 7 nitrogen and oxygen atoms in total. The number of imidazole rings is 1. The van der Waals surface area contributed by atoms with Crippen molar-refractivity contribution in [3.63, 3.8) is 0 Å². The van der Waals surface area contributed by atoms with E-state index >= 15 is 0 Å². The van der Waals surface area contributed by atoms with Crippen molar-refractivity contribution in [2.24, 2.45) is 5.92 Å². The Balaban J connectivity index is 1.29. The average Bonchev–Trinajstić information content (AvgIpc) is 3.50. The van der Waals surface area contributed by atoms with Gasteiger partial charge in [-0.2, -0.15) is 13.2 Å². The lowest BCUT2D eigenvalue weighted by molar-refractivity contribution is -0.138. The summed E-state index contributed by atoms with van der Waals surface area (Å²) in [4.78, 5) is 41.9. The lowest BCUT2D eigenvalue weighted by Crippen LogP contribution is -2.46. The second kappa shape index (κ2) is 8.73. The van der Waals surface area contributed by atoms with Crippen LogP contribution in [0.15, 0.2) is 42.7 Å². The number of nitrogens with zero attached hydrogens (tertiary/aromatic N) is 4. The third-order valence-corrected chi connectivity index (χ3v) is 6.67. The van der Waals surface area contributed by atoms with Gasteiger partial charge in [-0.1, -0.05) is 0 Å². The Labute approximate surface area is 194 Å². The summed E-state index contributed by atoms with van der Waals surface area (Å²) in [5.41, 5.74) is 1.02. The van der Waals surface area contributed by atoms with Crippen molar-refractivity contribution in [1.82, 2.24) is 24.8 Å². The fraction of sp³-hybridized carbons (Fsp3) is 0.417. The molecule has 10 heteroatoms. The van der Waals surface area contributed by atoms with Crippen LogP contribution in [0, 0.1) is 5.92 Å². The van der Waals surface area contributed by atoms with Crippen LogP contribution in [-0.2, 0) is 11.0 Å². The number of halogens is 3. The van der Waals surface area contributed by atoms with Gasteiger partial charge in [0.25, 0.3) is 5.91 Å². The SMILES string of the molecule is O=C(c1ccc(C(F)(F)F)cc1)N1CCCC(C(=O)N2CCCC2c2nc3ccncc3[nH]2)C1. The monoisotopic (exact) mass is 471 g/mol. The summed E-state index contributed by atoms with van der Waals surface area (Å²) in [6.45, 7) is 1.36. The minimum Gasteiger partial charge on any atom is -0.339 e. The maximum atomic E-state index is 13.5. The third-order valence-electron chi connectivity index (χ3n) is 6.67. The second-order valence-corrected chi connectivity index (χ2v) is 8.87. The number of hydrogen-bond acceptors (Lipinski definition) is 4. The van der Waals surface area contributed by atoms with Crippen LogP contribution in [0.1, 0.15) is 53.5 Å². The number of likely N-dealkylation sites (tertiary alicyclic amines) is 2. The molecule has 0 bridgehead atoms. The highest BCUT2D eigenvalue weighted by molar-refractivity contribution is 5.94. The van der Waals surface area contributed by atoms with Crippen LogP contribution in [0.4, 0.5) is 13.2 Å². The number of pyridine rings is 1. The van der Waals surface area contributed by atoms with Crippen molar-refractivity contribution in [3.05, 3.63) is 59.7 Å². The molecular weight excluding hydrogens is 447 g/mol. The Kier molecular flexibility index (Phi) is 5.75. The number of H-pyrrole nitrogens is 1. The number of fused-ring (bicyclic) bond motifs is 1. The summed E-state index contributed by atoms with van der Waals surface area (Å²) in [5.74, 6) is 0.0288. The van der Waals surface area contributed by atoms with Gasteiger partial charge in [-0.25, -0.2) is 4.98 Å². The van der Waals surface area contributed by atoms with Gasteiger partial charge < -0.3 is 14.8 Å². The van der Waals surface area contributed by atoms with Crippen LogP contribution in [-0.4, -0.2) is 56.2 Å². The number of rotatable bonds is 3. The molecule has 2 unspecified atom stereocenters. The Morgan fingerprint density at radius 3 is 2.53 bits per heavy atom. The summed E-state index contributed by atoms with van der Waals surface area (Å²) in [5, 5.41) is 0. The number of benzene rings is 1. The van der Waals surface area contributed by atoms with E-state index in [9.17, 15) is 22.8 Å². The minimum atomic E-state index is -4.45. The van der Waals surface area contributed by atoms with Gasteiger partial charge in [0.05, 0.1) is 34.8 Å². The number of aromatic amines is 1. The van der Waals surface area contributed by atoms with Gasteiger partial charge in [0.2, 0.25) is 5.91 Å². The first-order chi connectivity index (χ1) is 16.3. The molecule has 0 saturated carbocycles. The number of aromatic nitrogens is 3. The molecule has 2 aliphatic rings. The molecule has 4 heterocycles. The van der Waals surface area contributed by atoms with E-state index in [1.807, 2.05) is 11.0 Å². The van der Waals surface area contributed by atoms with Gasteiger partial charge in [-0.15, -0.1) is 0 Å². The zero-order valence-electron chi connectivity index (χ0n) is 18.4. The van der Waals surface area contributed by atoms with E-state index in [1.165, 1.54) is 12.1 Å². The van der Waals surface area contributed by atoms with Crippen molar-refractivity contribution in [2.75, 3.05) is 19.6 Å². The van der Waals surface area contributed by atoms with E-state index in [0.717, 1.165) is 41.8 Å². The lowest BCUT2D eigenvalue weighted by Gasteiger charge is -2.35. The molecule has 0 aliphatic carbocycles. The zero-order valence-corrected chi connectivity index (χ0v) is 18.4. The van der Waals surface area contributed by atoms with E-state index in [0.29, 0.717) is 25.9 Å². The summed E-state index contributed by atoms with van der Waals surface area (Å²) in [7, 11) is 0. The number of carbonyl (C=O) groups excluding carboxylic acids is 2. The lowest BCUT2D eigenvalue weighted by atomic mass is 9.95. The molecule has 0 radical (unpaired) electrons. The third kappa shape index (κ3) is 4.24.